The number of aromatic nitrogens is 2. The van der Waals surface area contributed by atoms with E-state index in [1.807, 2.05) is 65.6 Å². The molecular weight excluding hydrogens is 526 g/mol. The number of anilines is 1. The molecule has 1 amide bonds. The molecular formula is C30H31N5O4S. The number of sulfonamides is 1. The predicted molar refractivity (Wildman–Crippen MR) is 157 cm³/mol. The molecule has 1 atom stereocenters. The average molecular weight is 558 g/mol. The van der Waals surface area contributed by atoms with Gasteiger partial charge >= 0.3 is 5.69 Å². The Balaban J connectivity index is 1.62. The van der Waals surface area contributed by atoms with E-state index in [-0.39, 0.29) is 29.1 Å². The minimum atomic E-state index is -3.74. The van der Waals surface area contributed by atoms with Gasteiger partial charge < -0.3 is 15.2 Å². The zero-order chi connectivity index (χ0) is 28.1. The van der Waals surface area contributed by atoms with Crippen molar-refractivity contribution in [3.8, 4) is 16.9 Å². The summed E-state index contributed by atoms with van der Waals surface area (Å²) in [5.41, 5.74) is 2.24. The summed E-state index contributed by atoms with van der Waals surface area (Å²) in [7, 11) is -3.74. The molecule has 206 valence electrons. The molecule has 0 spiro atoms. The van der Waals surface area contributed by atoms with E-state index in [0.29, 0.717) is 43.0 Å². The van der Waals surface area contributed by atoms with Crippen LogP contribution in [-0.2, 0) is 16.4 Å². The summed E-state index contributed by atoms with van der Waals surface area (Å²) in [6.45, 7) is 5.25. The number of hydrogen-bond acceptors (Lipinski definition) is 5. The Bertz CT molecular complexity index is 1660. The summed E-state index contributed by atoms with van der Waals surface area (Å²) in [6.07, 6.45) is 1.96. The van der Waals surface area contributed by atoms with Crippen molar-refractivity contribution in [1.29, 1.82) is 0 Å². The average Bonchev–Trinajstić information content (AvgIpc) is 3.31. The molecule has 0 aliphatic carbocycles. The fourth-order valence-corrected chi connectivity index (χ4v) is 5.95. The highest BCUT2D eigenvalue weighted by Gasteiger charge is 2.32. The first kappa shape index (κ1) is 27.2. The van der Waals surface area contributed by atoms with E-state index in [1.54, 1.807) is 24.3 Å². The molecule has 3 aromatic carbocycles. The predicted octanol–water partition coefficient (Wildman–Crippen LogP) is 3.42. The van der Waals surface area contributed by atoms with Crippen molar-refractivity contribution in [2.75, 3.05) is 30.1 Å². The summed E-state index contributed by atoms with van der Waals surface area (Å²) in [5.74, 6) is -0.577. The Hall–Kier alpha value is -4.41. The molecule has 0 radical (unpaired) electrons. The van der Waals surface area contributed by atoms with Crippen molar-refractivity contribution < 1.29 is 13.2 Å². The van der Waals surface area contributed by atoms with Crippen LogP contribution in [0.2, 0.25) is 0 Å². The second-order valence-corrected chi connectivity index (χ2v) is 11.4. The van der Waals surface area contributed by atoms with E-state index in [0.717, 1.165) is 5.56 Å². The van der Waals surface area contributed by atoms with Crippen LogP contribution in [0.25, 0.3) is 16.9 Å². The van der Waals surface area contributed by atoms with Gasteiger partial charge in [-0.05, 0) is 24.1 Å². The number of nitrogens with one attached hydrogen (secondary N) is 3. The third-order valence-electron chi connectivity index (χ3n) is 6.83. The maximum absolute atomic E-state index is 14.2. The van der Waals surface area contributed by atoms with Gasteiger partial charge in [0.1, 0.15) is 5.69 Å². The third-order valence-corrected chi connectivity index (χ3v) is 8.03. The number of H-pyrrole nitrogens is 1. The van der Waals surface area contributed by atoms with Crippen molar-refractivity contribution in [3.05, 3.63) is 119 Å². The molecule has 1 fully saturated rings. The third kappa shape index (κ3) is 5.78. The Morgan fingerprint density at radius 1 is 1.00 bits per heavy atom. The summed E-state index contributed by atoms with van der Waals surface area (Å²) in [6, 6.07) is 25.6. The molecule has 1 aromatic heterocycles. The van der Waals surface area contributed by atoms with Gasteiger partial charge in [-0.3, -0.25) is 14.1 Å². The number of carbonyl (C=O) groups excluding carboxylic acids is 1. The zero-order valence-electron chi connectivity index (χ0n) is 21.9. The standard InChI is InChI=1S/C30H31N5O4S/c1-2-19-40(38,39)33-25-15-9-10-16-26(25)35-28(23-13-7-4-8-14-23)27(32-30(35)37)29(36)34-18-17-31-21-24(34)20-22-11-5-3-6-12-22/h2-16,24,31,33H,1,17-21H2,(H,32,37)/t24-/m1/s1. The lowest BCUT2D eigenvalue weighted by Crippen LogP contribution is -2.54. The van der Waals surface area contributed by atoms with E-state index in [9.17, 15) is 18.0 Å². The van der Waals surface area contributed by atoms with E-state index in [1.165, 1.54) is 10.6 Å². The van der Waals surface area contributed by atoms with E-state index < -0.39 is 15.7 Å². The van der Waals surface area contributed by atoms with Gasteiger partial charge in [0.15, 0.2) is 0 Å². The molecule has 5 rings (SSSR count). The van der Waals surface area contributed by atoms with Gasteiger partial charge in [0.05, 0.1) is 22.8 Å². The van der Waals surface area contributed by atoms with Crippen LogP contribution in [0.3, 0.4) is 0 Å². The number of imidazole rings is 1. The molecule has 10 heteroatoms. The molecule has 1 saturated heterocycles. The lowest BCUT2D eigenvalue weighted by Gasteiger charge is -2.36. The minimum absolute atomic E-state index is 0.114. The molecule has 2 heterocycles. The monoisotopic (exact) mass is 557 g/mol. The summed E-state index contributed by atoms with van der Waals surface area (Å²) >= 11 is 0. The molecule has 1 aliphatic rings. The molecule has 9 nitrogen and oxygen atoms in total. The van der Waals surface area contributed by atoms with Gasteiger partial charge in [-0.15, -0.1) is 6.58 Å². The number of amides is 1. The number of para-hydroxylation sites is 2. The molecule has 0 unspecified atom stereocenters. The van der Waals surface area contributed by atoms with Gasteiger partial charge in [0, 0.05) is 31.2 Å². The molecule has 0 bridgehead atoms. The van der Waals surface area contributed by atoms with E-state index in [2.05, 4.69) is 21.6 Å². The molecule has 4 aromatic rings. The van der Waals surface area contributed by atoms with Crippen LogP contribution >= 0.6 is 0 Å². The lowest BCUT2D eigenvalue weighted by atomic mass is 10.0. The smallest absolute Gasteiger partial charge is 0.331 e. The second kappa shape index (κ2) is 11.8. The van der Waals surface area contributed by atoms with Crippen LogP contribution in [-0.4, -0.2) is 60.2 Å². The van der Waals surface area contributed by atoms with Gasteiger partial charge in [0.2, 0.25) is 10.0 Å². The Morgan fingerprint density at radius 3 is 2.40 bits per heavy atom. The highest BCUT2D eigenvalue weighted by Crippen LogP contribution is 2.30. The molecule has 3 N–H and O–H groups in total. The Morgan fingerprint density at radius 2 is 1.68 bits per heavy atom. The summed E-state index contributed by atoms with van der Waals surface area (Å²) in [4.78, 5) is 32.4. The highest BCUT2D eigenvalue weighted by molar-refractivity contribution is 7.92. The van der Waals surface area contributed by atoms with Crippen LogP contribution < -0.4 is 15.7 Å². The Kier molecular flexibility index (Phi) is 7.99. The summed E-state index contributed by atoms with van der Waals surface area (Å²) < 4.78 is 29.1. The first-order valence-electron chi connectivity index (χ1n) is 13.0. The van der Waals surface area contributed by atoms with Crippen molar-refractivity contribution in [2.45, 2.75) is 12.5 Å². The SMILES string of the molecule is C=CCS(=O)(=O)Nc1ccccc1-n1c(-c2ccccc2)c(C(=O)N2CCNC[C@H]2Cc2ccccc2)[nH]c1=O. The zero-order valence-corrected chi connectivity index (χ0v) is 22.7. The van der Waals surface area contributed by atoms with Crippen LogP contribution in [0.1, 0.15) is 16.1 Å². The number of rotatable bonds is 9. The lowest BCUT2D eigenvalue weighted by molar-refractivity contribution is 0.0631. The first-order valence-corrected chi connectivity index (χ1v) is 14.7. The van der Waals surface area contributed by atoms with E-state index >= 15 is 0 Å². The maximum atomic E-state index is 14.2. The largest absolute Gasteiger partial charge is 0.331 e. The normalized spacial score (nSPS) is 15.5. The summed E-state index contributed by atoms with van der Waals surface area (Å²) in [5, 5.41) is 3.38. The number of nitrogens with zero attached hydrogens (tertiary/aromatic N) is 2. The van der Waals surface area contributed by atoms with Gasteiger partial charge in [-0.25, -0.2) is 13.2 Å². The van der Waals surface area contributed by atoms with Crippen LogP contribution in [0.5, 0.6) is 0 Å². The maximum Gasteiger partial charge on any atom is 0.331 e. The Labute approximate surface area is 233 Å². The van der Waals surface area contributed by atoms with Crippen molar-refractivity contribution in [1.82, 2.24) is 19.8 Å². The van der Waals surface area contributed by atoms with Crippen LogP contribution in [0, 0.1) is 0 Å². The van der Waals surface area contributed by atoms with Crippen molar-refractivity contribution in [3.63, 3.8) is 0 Å². The fraction of sp³-hybridized carbons (Fsp3) is 0.200. The number of carbonyl (C=O) groups is 1. The van der Waals surface area contributed by atoms with Gasteiger partial charge in [-0.1, -0.05) is 78.9 Å². The first-order chi connectivity index (χ1) is 19.4. The van der Waals surface area contributed by atoms with Gasteiger partial charge in [0.25, 0.3) is 5.91 Å². The van der Waals surface area contributed by atoms with Crippen LogP contribution in [0.4, 0.5) is 5.69 Å². The fourth-order valence-electron chi connectivity index (χ4n) is 5.05. The molecule has 1 aliphatic heterocycles. The van der Waals surface area contributed by atoms with E-state index in [4.69, 9.17) is 0 Å². The topological polar surface area (TPSA) is 116 Å². The number of benzene rings is 3. The highest BCUT2D eigenvalue weighted by atomic mass is 32.2. The number of piperazine rings is 1. The quantitative estimate of drug-likeness (QED) is 0.273. The molecule has 0 saturated carbocycles. The second-order valence-electron chi connectivity index (χ2n) is 9.59. The van der Waals surface area contributed by atoms with Crippen LogP contribution in [0.15, 0.2) is 102 Å². The molecule has 40 heavy (non-hydrogen) atoms. The number of hydrogen-bond donors (Lipinski definition) is 3. The van der Waals surface area contributed by atoms with Crippen molar-refractivity contribution >= 4 is 21.6 Å². The minimum Gasteiger partial charge on any atom is -0.331 e. The van der Waals surface area contributed by atoms with Crippen molar-refractivity contribution in [2.24, 2.45) is 0 Å². The van der Waals surface area contributed by atoms with Gasteiger partial charge in [-0.2, -0.15) is 0 Å². The number of aromatic amines is 1.